The normalized spacial score (nSPS) is 17.3. The number of rotatable bonds is 10. The van der Waals surface area contributed by atoms with E-state index in [0.29, 0.717) is 31.1 Å². The van der Waals surface area contributed by atoms with Gasteiger partial charge in [-0.3, -0.25) is 4.90 Å². The molecule has 0 spiro atoms. The molecule has 1 aliphatic heterocycles. The Bertz CT molecular complexity index is 827. The molecular formula is C23H28ClFN2O3. The number of nitrogens with zero attached hydrogens (tertiary/aromatic N) is 2. The van der Waals surface area contributed by atoms with Gasteiger partial charge >= 0.3 is 0 Å². The van der Waals surface area contributed by atoms with E-state index in [4.69, 9.17) is 21.2 Å². The Kier molecular flexibility index (Phi) is 8.22. The fraction of sp³-hybridized carbons (Fsp3) is 0.435. The van der Waals surface area contributed by atoms with Crippen molar-refractivity contribution in [2.75, 3.05) is 19.7 Å². The van der Waals surface area contributed by atoms with Gasteiger partial charge in [-0.2, -0.15) is 0 Å². The maximum Gasteiger partial charge on any atom is 0.145 e. The average Bonchev–Trinajstić information content (AvgIpc) is 3.17. The number of halogens is 2. The van der Waals surface area contributed by atoms with Crippen LogP contribution in [0.15, 0.2) is 53.7 Å². The predicted molar refractivity (Wildman–Crippen MR) is 116 cm³/mol. The Balaban J connectivity index is 1.61. The van der Waals surface area contributed by atoms with Crippen LogP contribution in [0.25, 0.3) is 0 Å². The van der Waals surface area contributed by atoms with Gasteiger partial charge in [0.15, 0.2) is 0 Å². The van der Waals surface area contributed by atoms with Crippen LogP contribution in [-0.4, -0.2) is 53.7 Å². The van der Waals surface area contributed by atoms with Crippen LogP contribution < -0.4 is 0 Å². The fourth-order valence-corrected chi connectivity index (χ4v) is 3.46. The van der Waals surface area contributed by atoms with E-state index < -0.39 is 6.10 Å². The summed E-state index contributed by atoms with van der Waals surface area (Å²) in [6.07, 6.45) is -0.0425. The summed E-state index contributed by atoms with van der Waals surface area (Å²) in [5.41, 5.74) is 2.82. The summed E-state index contributed by atoms with van der Waals surface area (Å²) in [5.74, 6) is -0.268. The molecule has 0 saturated carbocycles. The zero-order valence-corrected chi connectivity index (χ0v) is 18.1. The Morgan fingerprint density at radius 1 is 1.20 bits per heavy atom. The highest BCUT2D eigenvalue weighted by atomic mass is 35.5. The van der Waals surface area contributed by atoms with E-state index in [0.717, 1.165) is 16.8 Å². The van der Waals surface area contributed by atoms with Crippen LogP contribution in [0.1, 0.15) is 31.4 Å². The van der Waals surface area contributed by atoms with Crippen LogP contribution in [0.4, 0.5) is 4.39 Å². The lowest BCUT2D eigenvalue weighted by atomic mass is 10.0. The van der Waals surface area contributed by atoms with Crippen LogP contribution in [-0.2, 0) is 16.1 Å². The third kappa shape index (κ3) is 7.06. The Morgan fingerprint density at radius 2 is 1.90 bits per heavy atom. The minimum atomic E-state index is -0.633. The molecular weight excluding hydrogens is 407 g/mol. The summed E-state index contributed by atoms with van der Waals surface area (Å²) in [7, 11) is 0. The molecule has 1 N–H and O–H groups in total. The van der Waals surface area contributed by atoms with Gasteiger partial charge in [0.25, 0.3) is 0 Å². The van der Waals surface area contributed by atoms with E-state index in [9.17, 15) is 9.50 Å². The Morgan fingerprint density at radius 3 is 2.57 bits per heavy atom. The van der Waals surface area contributed by atoms with Gasteiger partial charge < -0.3 is 14.7 Å². The molecule has 0 fully saturated rings. The summed E-state index contributed by atoms with van der Waals surface area (Å²) < 4.78 is 18.8. The highest BCUT2D eigenvalue weighted by Gasteiger charge is 2.26. The Labute approximate surface area is 182 Å². The molecule has 0 bridgehead atoms. The first kappa shape index (κ1) is 22.7. The summed E-state index contributed by atoms with van der Waals surface area (Å²) in [4.78, 5) is 7.75. The molecule has 2 aromatic carbocycles. The zero-order chi connectivity index (χ0) is 21.5. The molecule has 162 valence electrons. The van der Waals surface area contributed by atoms with Crippen LogP contribution in [0, 0.1) is 5.82 Å². The molecule has 5 nitrogen and oxygen atoms in total. The minimum absolute atomic E-state index is 0.0543. The SMILES string of the molecule is CC(C)OC[C@H](O)CN(Cc1ccc(F)cc1)C[C@@H]1CC(c2ccc(Cl)cc2)=NO1. The van der Waals surface area contributed by atoms with Crippen LogP contribution in [0.5, 0.6) is 0 Å². The first-order valence-corrected chi connectivity index (χ1v) is 10.5. The van der Waals surface area contributed by atoms with Gasteiger partial charge in [-0.15, -0.1) is 0 Å². The molecule has 7 heteroatoms. The van der Waals surface area contributed by atoms with Crippen LogP contribution in [0.3, 0.4) is 0 Å². The number of oxime groups is 1. The van der Waals surface area contributed by atoms with Gasteiger partial charge in [0.1, 0.15) is 11.9 Å². The maximum absolute atomic E-state index is 13.3. The second-order valence-electron chi connectivity index (χ2n) is 7.83. The smallest absolute Gasteiger partial charge is 0.145 e. The van der Waals surface area contributed by atoms with Crippen molar-refractivity contribution in [2.45, 2.75) is 45.1 Å². The number of hydrogen-bond donors (Lipinski definition) is 1. The molecule has 0 unspecified atom stereocenters. The lowest BCUT2D eigenvalue weighted by Gasteiger charge is -2.27. The molecule has 1 heterocycles. The molecule has 0 aromatic heterocycles. The molecule has 3 rings (SSSR count). The Hall–Kier alpha value is -1.99. The van der Waals surface area contributed by atoms with Crippen molar-refractivity contribution < 1.29 is 19.1 Å². The second-order valence-corrected chi connectivity index (χ2v) is 8.27. The molecule has 0 saturated heterocycles. The van der Waals surface area contributed by atoms with E-state index >= 15 is 0 Å². The summed E-state index contributed by atoms with van der Waals surface area (Å²) in [6.45, 7) is 5.69. The third-order valence-electron chi connectivity index (χ3n) is 4.78. The molecule has 0 amide bonds. The summed E-state index contributed by atoms with van der Waals surface area (Å²) >= 11 is 5.96. The van der Waals surface area contributed by atoms with Gasteiger partial charge in [0.2, 0.25) is 0 Å². The predicted octanol–water partition coefficient (Wildman–Crippen LogP) is 4.26. The molecule has 30 heavy (non-hydrogen) atoms. The van der Waals surface area contributed by atoms with Gasteiger partial charge in [-0.05, 0) is 49.2 Å². The monoisotopic (exact) mass is 434 g/mol. The number of ether oxygens (including phenoxy) is 1. The highest BCUT2D eigenvalue weighted by Crippen LogP contribution is 2.20. The van der Waals surface area contributed by atoms with Gasteiger partial charge in [-0.1, -0.05) is 41.0 Å². The van der Waals surface area contributed by atoms with Crippen molar-refractivity contribution in [2.24, 2.45) is 5.16 Å². The number of hydrogen-bond acceptors (Lipinski definition) is 5. The van der Waals surface area contributed by atoms with Crippen molar-refractivity contribution in [1.29, 1.82) is 0 Å². The fourth-order valence-electron chi connectivity index (χ4n) is 3.33. The largest absolute Gasteiger partial charge is 0.390 e. The van der Waals surface area contributed by atoms with Crippen molar-refractivity contribution in [3.63, 3.8) is 0 Å². The molecule has 0 radical (unpaired) electrons. The van der Waals surface area contributed by atoms with Crippen LogP contribution in [0.2, 0.25) is 5.02 Å². The number of aliphatic hydroxyl groups is 1. The molecule has 0 aliphatic carbocycles. The summed E-state index contributed by atoms with van der Waals surface area (Å²) in [5, 5.41) is 15.3. The third-order valence-corrected chi connectivity index (χ3v) is 5.03. The lowest BCUT2D eigenvalue weighted by Crippen LogP contribution is -2.39. The highest BCUT2D eigenvalue weighted by molar-refractivity contribution is 6.30. The quantitative estimate of drug-likeness (QED) is 0.607. The maximum atomic E-state index is 13.3. The number of benzene rings is 2. The first-order valence-electron chi connectivity index (χ1n) is 10.1. The van der Waals surface area contributed by atoms with Gasteiger partial charge in [0.05, 0.1) is 24.5 Å². The van der Waals surface area contributed by atoms with E-state index in [1.165, 1.54) is 12.1 Å². The van der Waals surface area contributed by atoms with E-state index in [1.54, 1.807) is 12.1 Å². The van der Waals surface area contributed by atoms with Crippen LogP contribution >= 0.6 is 11.6 Å². The summed E-state index contributed by atoms with van der Waals surface area (Å²) in [6, 6.07) is 13.9. The zero-order valence-electron chi connectivity index (χ0n) is 17.3. The second kappa shape index (κ2) is 10.9. The number of aliphatic hydroxyl groups excluding tert-OH is 1. The van der Waals surface area contributed by atoms with Crippen molar-refractivity contribution in [3.05, 3.63) is 70.5 Å². The standard InChI is InChI=1S/C23H28ClFN2O3/c1-16(2)29-15-21(28)13-27(12-17-3-9-20(25)10-4-17)14-22-11-23(26-30-22)18-5-7-19(24)8-6-18/h3-10,16,21-22,28H,11-15H2,1-2H3/t21-,22+/m1/s1. The lowest BCUT2D eigenvalue weighted by molar-refractivity contribution is -0.0194. The average molecular weight is 435 g/mol. The van der Waals surface area contributed by atoms with Gasteiger partial charge in [0, 0.05) is 31.1 Å². The van der Waals surface area contributed by atoms with Crippen molar-refractivity contribution in [1.82, 2.24) is 4.90 Å². The van der Waals surface area contributed by atoms with Gasteiger partial charge in [-0.25, -0.2) is 4.39 Å². The molecule has 1 aliphatic rings. The topological polar surface area (TPSA) is 54.3 Å². The van der Waals surface area contributed by atoms with E-state index in [2.05, 4.69) is 10.1 Å². The van der Waals surface area contributed by atoms with E-state index in [1.807, 2.05) is 38.1 Å². The first-order chi connectivity index (χ1) is 14.4. The minimum Gasteiger partial charge on any atom is -0.390 e. The van der Waals surface area contributed by atoms with Crippen molar-refractivity contribution in [3.8, 4) is 0 Å². The van der Waals surface area contributed by atoms with E-state index in [-0.39, 0.29) is 24.6 Å². The molecule has 2 aromatic rings. The molecule has 2 atom stereocenters. The van der Waals surface area contributed by atoms with Crippen molar-refractivity contribution >= 4 is 17.3 Å².